The molecule has 1 heterocycles. The number of nitrogens with zero attached hydrogens (tertiary/aromatic N) is 3. The smallest absolute Gasteiger partial charge is 0.185 e. The van der Waals surface area contributed by atoms with Gasteiger partial charge in [-0.05, 0) is 34.0 Å². The number of aromatic hydroxyl groups is 1. The van der Waals surface area contributed by atoms with Crippen LogP contribution in [0.2, 0.25) is 0 Å². The molecule has 3 aromatic rings. The normalized spacial score (nSPS) is 12.8. The fraction of sp³-hybridized carbons (Fsp3) is 0.389. The maximum atomic E-state index is 10.5. The fourth-order valence-corrected chi connectivity index (χ4v) is 4.08. The Bertz CT molecular complexity index is 921. The maximum Gasteiger partial charge on any atom is 0.185 e. The van der Waals surface area contributed by atoms with E-state index in [1.54, 1.807) is 11.3 Å². The second-order valence-electron chi connectivity index (χ2n) is 6.18. The molecule has 1 N–H and O–H groups in total. The summed E-state index contributed by atoms with van der Waals surface area (Å²) in [4.78, 5) is 7.95. The predicted molar refractivity (Wildman–Crippen MR) is 98.3 cm³/mol. The molecule has 3 rings (SSSR count). The Balaban J connectivity index is 2.17. The number of rotatable bonds is 4. The number of phenolic OH excluding ortho intramolecular Hbond substituents is 1. The lowest BCUT2D eigenvalue weighted by Gasteiger charge is -2.08. The van der Waals surface area contributed by atoms with Gasteiger partial charge in [-0.2, -0.15) is 0 Å². The lowest BCUT2D eigenvalue weighted by atomic mass is 10.0. The molecular formula is C18H23N3OS. The number of aromatic nitrogens is 1. The van der Waals surface area contributed by atoms with Crippen LogP contribution in [0.15, 0.2) is 29.3 Å². The van der Waals surface area contributed by atoms with Crippen molar-refractivity contribution in [3.8, 4) is 5.75 Å². The Morgan fingerprint density at radius 2 is 1.91 bits per heavy atom. The van der Waals surface area contributed by atoms with Gasteiger partial charge >= 0.3 is 0 Å². The van der Waals surface area contributed by atoms with Crippen LogP contribution in [0.4, 0.5) is 0 Å². The number of phenols is 1. The van der Waals surface area contributed by atoms with Crippen LogP contribution in [0, 0.1) is 6.92 Å². The summed E-state index contributed by atoms with van der Waals surface area (Å²) < 4.78 is 3.28. The van der Waals surface area contributed by atoms with Gasteiger partial charge in [0.25, 0.3) is 0 Å². The molecule has 4 nitrogen and oxygen atoms in total. The van der Waals surface area contributed by atoms with Gasteiger partial charge in [-0.1, -0.05) is 35.6 Å². The van der Waals surface area contributed by atoms with Crippen LogP contribution in [0.1, 0.15) is 12.0 Å². The van der Waals surface area contributed by atoms with Crippen LogP contribution < -0.4 is 4.80 Å². The van der Waals surface area contributed by atoms with Crippen LogP contribution in [0.25, 0.3) is 21.0 Å². The first-order valence-corrected chi connectivity index (χ1v) is 8.67. The predicted octanol–water partition coefficient (Wildman–Crippen LogP) is 3.26. The summed E-state index contributed by atoms with van der Waals surface area (Å²) in [5, 5.41) is 12.5. The van der Waals surface area contributed by atoms with Crippen molar-refractivity contribution >= 4 is 32.3 Å². The Morgan fingerprint density at radius 1 is 1.22 bits per heavy atom. The molecule has 122 valence electrons. The summed E-state index contributed by atoms with van der Waals surface area (Å²) in [6.07, 6.45) is 1.05. The molecule has 0 aliphatic rings. The zero-order valence-electron chi connectivity index (χ0n) is 14.1. The Hall–Kier alpha value is -1.85. The van der Waals surface area contributed by atoms with Gasteiger partial charge in [-0.25, -0.2) is 0 Å². The third-order valence-corrected chi connectivity index (χ3v) is 5.46. The van der Waals surface area contributed by atoms with E-state index in [4.69, 9.17) is 4.99 Å². The SMILES string of the molecule is Cc1c(O)c2ccccc2c2c1sc(=NCCCN(C)C)n2C. The lowest BCUT2D eigenvalue weighted by molar-refractivity contribution is 0.402. The molecule has 0 saturated heterocycles. The van der Waals surface area contributed by atoms with Gasteiger partial charge < -0.3 is 14.6 Å². The molecule has 0 spiro atoms. The highest BCUT2D eigenvalue weighted by atomic mass is 32.1. The molecule has 0 aliphatic carbocycles. The minimum atomic E-state index is 0.383. The van der Waals surface area contributed by atoms with Crippen molar-refractivity contribution in [3.63, 3.8) is 0 Å². The van der Waals surface area contributed by atoms with E-state index in [2.05, 4.69) is 36.7 Å². The van der Waals surface area contributed by atoms with Gasteiger partial charge in [0.1, 0.15) is 5.75 Å². The number of hydrogen-bond donors (Lipinski definition) is 1. The van der Waals surface area contributed by atoms with Crippen molar-refractivity contribution in [1.82, 2.24) is 9.47 Å². The number of fused-ring (bicyclic) bond motifs is 3. The quantitative estimate of drug-likeness (QED) is 0.747. The minimum absolute atomic E-state index is 0.383. The largest absolute Gasteiger partial charge is 0.507 e. The molecular weight excluding hydrogens is 306 g/mol. The number of hydrogen-bond acceptors (Lipinski definition) is 4. The summed E-state index contributed by atoms with van der Waals surface area (Å²) in [5.41, 5.74) is 2.10. The molecule has 0 atom stereocenters. The van der Waals surface area contributed by atoms with Gasteiger partial charge in [-0.15, -0.1) is 0 Å². The van der Waals surface area contributed by atoms with Gasteiger partial charge in [-0.3, -0.25) is 4.99 Å². The second-order valence-corrected chi connectivity index (χ2v) is 7.16. The van der Waals surface area contributed by atoms with E-state index in [-0.39, 0.29) is 0 Å². The fourth-order valence-electron chi connectivity index (χ4n) is 2.92. The van der Waals surface area contributed by atoms with Crippen molar-refractivity contribution in [2.24, 2.45) is 12.0 Å². The minimum Gasteiger partial charge on any atom is -0.507 e. The molecule has 0 radical (unpaired) electrons. The molecule has 0 bridgehead atoms. The van der Waals surface area contributed by atoms with Crippen molar-refractivity contribution in [3.05, 3.63) is 34.6 Å². The van der Waals surface area contributed by atoms with Crippen LogP contribution >= 0.6 is 11.3 Å². The van der Waals surface area contributed by atoms with E-state index in [1.165, 1.54) is 0 Å². The Morgan fingerprint density at radius 3 is 2.61 bits per heavy atom. The van der Waals surface area contributed by atoms with E-state index in [0.717, 1.165) is 50.9 Å². The lowest BCUT2D eigenvalue weighted by Crippen LogP contribution is -2.15. The average Bonchev–Trinajstić information content (AvgIpc) is 2.86. The first-order valence-electron chi connectivity index (χ1n) is 7.85. The number of thiazole rings is 1. The zero-order valence-corrected chi connectivity index (χ0v) is 14.9. The standard InChI is InChI=1S/C18H23N3OS/c1-12-16(22)14-9-6-5-8-13(14)15-17(12)23-18(21(15)4)19-10-7-11-20(2)3/h5-6,8-9,22H,7,10-11H2,1-4H3. The maximum absolute atomic E-state index is 10.5. The van der Waals surface area contributed by atoms with E-state index in [1.807, 2.05) is 25.1 Å². The van der Waals surface area contributed by atoms with Crippen molar-refractivity contribution in [2.45, 2.75) is 13.3 Å². The van der Waals surface area contributed by atoms with Crippen LogP contribution in [0.5, 0.6) is 5.75 Å². The van der Waals surface area contributed by atoms with Gasteiger partial charge in [0.15, 0.2) is 4.80 Å². The zero-order chi connectivity index (χ0) is 16.6. The van der Waals surface area contributed by atoms with Gasteiger partial charge in [0, 0.05) is 29.9 Å². The highest BCUT2D eigenvalue weighted by molar-refractivity contribution is 7.16. The second kappa shape index (κ2) is 6.34. The summed E-state index contributed by atoms with van der Waals surface area (Å²) >= 11 is 1.66. The van der Waals surface area contributed by atoms with Crippen molar-refractivity contribution in [2.75, 3.05) is 27.2 Å². The summed E-state index contributed by atoms with van der Waals surface area (Å²) in [5.74, 6) is 0.383. The third-order valence-electron chi connectivity index (χ3n) is 4.17. The Kier molecular flexibility index (Phi) is 4.41. The molecule has 23 heavy (non-hydrogen) atoms. The average molecular weight is 329 g/mol. The molecule has 0 amide bonds. The molecule has 5 heteroatoms. The summed E-state index contributed by atoms with van der Waals surface area (Å²) in [7, 11) is 6.22. The molecule has 1 aromatic heterocycles. The topological polar surface area (TPSA) is 40.8 Å². The third kappa shape index (κ3) is 2.86. The first-order chi connectivity index (χ1) is 11.0. The first kappa shape index (κ1) is 16.0. The molecule has 0 fully saturated rings. The van der Waals surface area contributed by atoms with Crippen LogP contribution in [-0.2, 0) is 7.05 Å². The number of benzene rings is 2. The number of aryl methyl sites for hydroxylation is 2. The van der Waals surface area contributed by atoms with E-state index < -0.39 is 0 Å². The molecule has 0 saturated carbocycles. The highest BCUT2D eigenvalue weighted by Gasteiger charge is 2.14. The van der Waals surface area contributed by atoms with E-state index >= 15 is 0 Å². The van der Waals surface area contributed by atoms with Gasteiger partial charge in [0.05, 0.1) is 10.2 Å². The van der Waals surface area contributed by atoms with Crippen molar-refractivity contribution in [1.29, 1.82) is 0 Å². The van der Waals surface area contributed by atoms with E-state index in [0.29, 0.717) is 5.75 Å². The summed E-state index contributed by atoms with van der Waals surface area (Å²) in [6, 6.07) is 8.02. The van der Waals surface area contributed by atoms with Crippen LogP contribution in [0.3, 0.4) is 0 Å². The molecule has 2 aromatic carbocycles. The van der Waals surface area contributed by atoms with Crippen molar-refractivity contribution < 1.29 is 5.11 Å². The highest BCUT2D eigenvalue weighted by Crippen LogP contribution is 2.37. The monoisotopic (exact) mass is 329 g/mol. The van der Waals surface area contributed by atoms with Crippen LogP contribution in [-0.4, -0.2) is 41.8 Å². The molecule has 0 aliphatic heterocycles. The van der Waals surface area contributed by atoms with E-state index in [9.17, 15) is 5.11 Å². The van der Waals surface area contributed by atoms with Gasteiger partial charge in [0.2, 0.25) is 0 Å². The Labute approximate surface area is 140 Å². The molecule has 0 unspecified atom stereocenters. The summed E-state index contributed by atoms with van der Waals surface area (Å²) in [6.45, 7) is 3.85.